The van der Waals surface area contributed by atoms with Crippen LogP contribution in [0.3, 0.4) is 0 Å². The Hall–Kier alpha value is 0.310. The molecular weight excluding hydrogens is 166 g/mol. The van der Waals surface area contributed by atoms with Crippen molar-refractivity contribution in [2.45, 2.75) is 32.1 Å². The van der Waals surface area contributed by atoms with E-state index in [1.807, 2.05) is 0 Å². The summed E-state index contributed by atoms with van der Waals surface area (Å²) in [6, 6.07) is 0. The van der Waals surface area contributed by atoms with Gasteiger partial charge in [0.1, 0.15) is 0 Å². The lowest BCUT2D eigenvalue weighted by molar-refractivity contribution is 0.101. The minimum Gasteiger partial charge on any atom is -0.294 e. The van der Waals surface area contributed by atoms with Crippen LogP contribution in [0.1, 0.15) is 32.1 Å². The largest absolute Gasteiger partial charge is 0.294 e. The van der Waals surface area contributed by atoms with Crippen molar-refractivity contribution in [1.29, 1.82) is 0 Å². The smallest absolute Gasteiger partial charge is 0.0414 e. The second-order valence-corrected chi connectivity index (χ2v) is 4.59. The first-order chi connectivity index (χ1) is 5.90. The monoisotopic (exact) mass is 185 g/mol. The Balaban J connectivity index is 1.90. The predicted molar refractivity (Wildman–Crippen MR) is 55.5 cm³/mol. The summed E-state index contributed by atoms with van der Waals surface area (Å²) in [6.07, 6.45) is 7.38. The number of likely N-dealkylation sites (tertiary alicyclic amines) is 1. The number of hydrogen-bond donors (Lipinski definition) is 1. The van der Waals surface area contributed by atoms with Crippen LogP contribution in [0.2, 0.25) is 0 Å². The van der Waals surface area contributed by atoms with Crippen molar-refractivity contribution >= 4 is 12.6 Å². The Kier molecular flexibility index (Phi) is 2.97. The van der Waals surface area contributed by atoms with Crippen LogP contribution in [-0.2, 0) is 0 Å². The molecule has 0 aromatic heterocycles. The molecule has 2 rings (SSSR count). The molecule has 0 aromatic carbocycles. The Morgan fingerprint density at radius 2 is 1.83 bits per heavy atom. The first-order valence-electron chi connectivity index (χ1n) is 5.23. The third kappa shape index (κ3) is 1.80. The van der Waals surface area contributed by atoms with Crippen LogP contribution in [0.15, 0.2) is 0 Å². The molecule has 2 heteroatoms. The Morgan fingerprint density at radius 1 is 1.08 bits per heavy atom. The molecule has 1 aliphatic heterocycles. The fourth-order valence-electron chi connectivity index (χ4n) is 2.80. The van der Waals surface area contributed by atoms with Gasteiger partial charge in [-0.15, -0.1) is 0 Å². The molecule has 1 heterocycles. The minimum absolute atomic E-state index is 0.962. The molecule has 0 radical (unpaired) electrons. The van der Waals surface area contributed by atoms with E-state index in [0.717, 1.165) is 17.7 Å². The third-order valence-electron chi connectivity index (χ3n) is 3.58. The van der Waals surface area contributed by atoms with Gasteiger partial charge in [0.05, 0.1) is 0 Å². The van der Waals surface area contributed by atoms with Crippen LogP contribution < -0.4 is 0 Å². The first-order valence-corrected chi connectivity index (χ1v) is 5.86. The molecule has 1 saturated carbocycles. The van der Waals surface area contributed by atoms with Gasteiger partial charge >= 0.3 is 0 Å². The molecular formula is C10H19NS. The van der Waals surface area contributed by atoms with Gasteiger partial charge in [-0.05, 0) is 31.2 Å². The van der Waals surface area contributed by atoms with Crippen LogP contribution in [0.4, 0.5) is 0 Å². The SMILES string of the molecule is SCN1CCC2CCCCC2C1. The average Bonchev–Trinajstić information content (AvgIpc) is 2.17. The maximum Gasteiger partial charge on any atom is 0.0414 e. The molecule has 70 valence electrons. The van der Waals surface area contributed by atoms with Gasteiger partial charge in [0.25, 0.3) is 0 Å². The minimum atomic E-state index is 0.962. The van der Waals surface area contributed by atoms with E-state index in [1.54, 1.807) is 0 Å². The van der Waals surface area contributed by atoms with Crippen molar-refractivity contribution in [2.75, 3.05) is 19.0 Å². The van der Waals surface area contributed by atoms with E-state index in [2.05, 4.69) is 17.5 Å². The molecule has 2 fully saturated rings. The predicted octanol–water partition coefficient (Wildman–Crippen LogP) is 2.39. The van der Waals surface area contributed by atoms with Gasteiger partial charge in [0.2, 0.25) is 0 Å². The highest BCUT2D eigenvalue weighted by atomic mass is 32.1. The van der Waals surface area contributed by atoms with E-state index >= 15 is 0 Å². The lowest BCUT2D eigenvalue weighted by atomic mass is 9.75. The molecule has 2 unspecified atom stereocenters. The normalized spacial score (nSPS) is 37.8. The van der Waals surface area contributed by atoms with Crippen molar-refractivity contribution in [3.05, 3.63) is 0 Å². The van der Waals surface area contributed by atoms with Crippen LogP contribution in [0.25, 0.3) is 0 Å². The quantitative estimate of drug-likeness (QED) is 0.614. The Bertz CT molecular complexity index is 149. The van der Waals surface area contributed by atoms with Gasteiger partial charge < -0.3 is 0 Å². The third-order valence-corrected chi connectivity index (χ3v) is 3.98. The van der Waals surface area contributed by atoms with E-state index < -0.39 is 0 Å². The van der Waals surface area contributed by atoms with Crippen LogP contribution in [-0.4, -0.2) is 23.9 Å². The van der Waals surface area contributed by atoms with E-state index in [1.165, 1.54) is 45.2 Å². The van der Waals surface area contributed by atoms with Crippen molar-refractivity contribution < 1.29 is 0 Å². The standard InChI is InChI=1S/C10H19NS/c12-8-11-6-5-9-3-1-2-4-10(9)7-11/h9-10,12H,1-8H2. The lowest BCUT2D eigenvalue weighted by Crippen LogP contribution is -2.41. The van der Waals surface area contributed by atoms with E-state index in [9.17, 15) is 0 Å². The number of piperidine rings is 1. The molecule has 2 aliphatic rings. The summed E-state index contributed by atoms with van der Waals surface area (Å²) in [6.45, 7) is 2.62. The van der Waals surface area contributed by atoms with E-state index in [4.69, 9.17) is 0 Å². The summed E-state index contributed by atoms with van der Waals surface area (Å²) in [4.78, 5) is 2.50. The number of hydrogen-bond acceptors (Lipinski definition) is 2. The second kappa shape index (κ2) is 4.01. The number of rotatable bonds is 1. The van der Waals surface area contributed by atoms with Gasteiger partial charge in [-0.3, -0.25) is 4.90 Å². The van der Waals surface area contributed by atoms with Crippen molar-refractivity contribution in [3.63, 3.8) is 0 Å². The van der Waals surface area contributed by atoms with Crippen molar-refractivity contribution in [3.8, 4) is 0 Å². The van der Waals surface area contributed by atoms with Gasteiger partial charge in [-0.1, -0.05) is 19.3 Å². The molecule has 0 N–H and O–H groups in total. The molecule has 1 saturated heterocycles. The van der Waals surface area contributed by atoms with E-state index in [0.29, 0.717) is 0 Å². The molecule has 0 aromatic rings. The number of nitrogens with zero attached hydrogens (tertiary/aromatic N) is 1. The summed E-state index contributed by atoms with van der Waals surface area (Å²) in [5.41, 5.74) is 0. The van der Waals surface area contributed by atoms with Gasteiger partial charge in [-0.2, -0.15) is 12.6 Å². The average molecular weight is 185 g/mol. The molecule has 0 amide bonds. The zero-order valence-corrected chi connectivity index (χ0v) is 8.60. The molecule has 1 nitrogen and oxygen atoms in total. The highest BCUT2D eigenvalue weighted by molar-refractivity contribution is 7.80. The van der Waals surface area contributed by atoms with Crippen molar-refractivity contribution in [1.82, 2.24) is 4.90 Å². The first kappa shape index (κ1) is 8.89. The molecule has 0 bridgehead atoms. The molecule has 0 spiro atoms. The van der Waals surface area contributed by atoms with Crippen molar-refractivity contribution in [2.24, 2.45) is 11.8 Å². The van der Waals surface area contributed by atoms with Gasteiger partial charge in [0, 0.05) is 12.4 Å². The summed E-state index contributed by atoms with van der Waals surface area (Å²) in [5, 5.41) is 0. The van der Waals surface area contributed by atoms with Gasteiger partial charge in [-0.25, -0.2) is 0 Å². The number of thiol groups is 1. The van der Waals surface area contributed by atoms with Crippen LogP contribution in [0.5, 0.6) is 0 Å². The summed E-state index contributed by atoms with van der Waals surface area (Å²) < 4.78 is 0. The molecule has 2 atom stereocenters. The highest BCUT2D eigenvalue weighted by Gasteiger charge is 2.30. The zero-order chi connectivity index (χ0) is 8.39. The summed E-state index contributed by atoms with van der Waals surface area (Å²) >= 11 is 4.35. The van der Waals surface area contributed by atoms with E-state index in [-0.39, 0.29) is 0 Å². The lowest BCUT2D eigenvalue weighted by Gasteiger charge is -2.40. The van der Waals surface area contributed by atoms with Crippen LogP contribution in [0, 0.1) is 11.8 Å². The molecule has 1 aliphatic carbocycles. The second-order valence-electron chi connectivity index (χ2n) is 4.31. The molecule has 12 heavy (non-hydrogen) atoms. The fraction of sp³-hybridized carbons (Fsp3) is 1.00. The Morgan fingerprint density at radius 3 is 2.58 bits per heavy atom. The summed E-state index contributed by atoms with van der Waals surface area (Å²) in [5.74, 6) is 3.04. The van der Waals surface area contributed by atoms with Crippen LogP contribution >= 0.6 is 12.6 Å². The summed E-state index contributed by atoms with van der Waals surface area (Å²) in [7, 11) is 0. The number of fused-ring (bicyclic) bond motifs is 1. The topological polar surface area (TPSA) is 3.24 Å². The maximum atomic E-state index is 4.35. The zero-order valence-electron chi connectivity index (χ0n) is 7.71. The Labute approximate surface area is 80.9 Å². The fourth-order valence-corrected chi connectivity index (χ4v) is 3.06. The maximum absolute atomic E-state index is 4.35. The highest BCUT2D eigenvalue weighted by Crippen LogP contribution is 2.35. The van der Waals surface area contributed by atoms with Gasteiger partial charge in [0.15, 0.2) is 0 Å².